The molecule has 0 radical (unpaired) electrons. The van der Waals surface area contributed by atoms with Crippen molar-refractivity contribution in [2.45, 2.75) is 19.4 Å². The number of hydrogen-bond donors (Lipinski definition) is 0. The molecule has 3 heterocycles. The van der Waals surface area contributed by atoms with Crippen LogP contribution in [0.4, 0.5) is 0 Å². The van der Waals surface area contributed by atoms with Crippen molar-refractivity contribution in [2.75, 3.05) is 6.61 Å². The molecule has 1 atom stereocenters. The Morgan fingerprint density at radius 2 is 2.19 bits per heavy atom. The van der Waals surface area contributed by atoms with Crippen molar-refractivity contribution >= 4 is 23.3 Å². The molecule has 1 unspecified atom stereocenters. The summed E-state index contributed by atoms with van der Waals surface area (Å²) in [5, 5.41) is 0.536. The average Bonchev–Trinajstić information content (AvgIpc) is 3.06. The molecule has 0 spiro atoms. The van der Waals surface area contributed by atoms with Crippen molar-refractivity contribution < 1.29 is 19.1 Å². The fourth-order valence-corrected chi connectivity index (χ4v) is 2.76. The summed E-state index contributed by atoms with van der Waals surface area (Å²) in [4.78, 5) is 36.2. The lowest BCUT2D eigenvalue weighted by Crippen LogP contribution is -2.22. The molecular formula is C13H11N3O4S. The number of rotatable bonds is 3. The first kappa shape index (κ1) is 13.6. The van der Waals surface area contributed by atoms with E-state index in [9.17, 15) is 9.59 Å². The molecule has 2 aromatic rings. The fourth-order valence-electron chi connectivity index (χ4n) is 1.86. The molecule has 0 N–H and O–H groups in total. The summed E-state index contributed by atoms with van der Waals surface area (Å²) in [7, 11) is 0. The topological polar surface area (TPSA) is 91.3 Å². The van der Waals surface area contributed by atoms with E-state index in [0.717, 1.165) is 11.3 Å². The largest absolute Gasteiger partial charge is 0.463 e. The van der Waals surface area contributed by atoms with Crippen molar-refractivity contribution in [3.05, 3.63) is 29.0 Å². The number of carbonyl (C=O) groups excluding carboxylic acids is 2. The van der Waals surface area contributed by atoms with Gasteiger partial charge in [-0.1, -0.05) is 0 Å². The minimum absolute atomic E-state index is 0.279. The van der Waals surface area contributed by atoms with Gasteiger partial charge in [0.1, 0.15) is 4.88 Å². The number of nitrogens with zero attached hydrogens (tertiary/aromatic N) is 3. The maximum absolute atomic E-state index is 12.1. The summed E-state index contributed by atoms with van der Waals surface area (Å²) < 4.78 is 9.91. The molecule has 1 aliphatic heterocycles. The molecule has 8 heteroatoms. The lowest BCUT2D eigenvalue weighted by Gasteiger charge is -2.06. The third-order valence-electron chi connectivity index (χ3n) is 2.88. The maximum atomic E-state index is 12.1. The van der Waals surface area contributed by atoms with Crippen LogP contribution in [0.5, 0.6) is 0 Å². The zero-order valence-corrected chi connectivity index (χ0v) is 11.9. The van der Waals surface area contributed by atoms with Crippen molar-refractivity contribution in [2.24, 2.45) is 0 Å². The Kier molecular flexibility index (Phi) is 3.61. The molecule has 0 aliphatic carbocycles. The second-order valence-electron chi connectivity index (χ2n) is 4.36. The smallest absolute Gasteiger partial charge is 0.351 e. The van der Waals surface area contributed by atoms with Crippen molar-refractivity contribution in [3.8, 4) is 10.8 Å². The highest BCUT2D eigenvalue weighted by Crippen LogP contribution is 2.26. The van der Waals surface area contributed by atoms with E-state index in [-0.39, 0.29) is 6.61 Å². The fraction of sp³-hybridized carbons (Fsp3) is 0.308. The van der Waals surface area contributed by atoms with E-state index in [1.807, 2.05) is 0 Å². The first-order valence-electron chi connectivity index (χ1n) is 6.27. The molecule has 108 valence electrons. The van der Waals surface area contributed by atoms with Crippen LogP contribution in [0, 0.1) is 6.92 Å². The van der Waals surface area contributed by atoms with E-state index in [2.05, 4.69) is 15.0 Å². The molecule has 1 saturated heterocycles. The van der Waals surface area contributed by atoms with Gasteiger partial charge in [0.2, 0.25) is 6.10 Å². The molecule has 1 fully saturated rings. The van der Waals surface area contributed by atoms with E-state index in [0.29, 0.717) is 27.8 Å². The van der Waals surface area contributed by atoms with Crippen LogP contribution in [0.2, 0.25) is 0 Å². The van der Waals surface area contributed by atoms with Gasteiger partial charge in [0.05, 0.1) is 12.3 Å². The Morgan fingerprint density at radius 1 is 1.43 bits per heavy atom. The Hall–Kier alpha value is -2.35. The van der Waals surface area contributed by atoms with Gasteiger partial charge in [-0.2, -0.15) is 0 Å². The molecule has 3 rings (SSSR count). The van der Waals surface area contributed by atoms with Gasteiger partial charge < -0.3 is 9.47 Å². The highest BCUT2D eigenvalue weighted by molar-refractivity contribution is 7.16. The van der Waals surface area contributed by atoms with Crippen LogP contribution < -0.4 is 0 Å². The van der Waals surface area contributed by atoms with E-state index in [4.69, 9.17) is 9.47 Å². The number of carbonyl (C=O) groups is 2. The van der Waals surface area contributed by atoms with Gasteiger partial charge in [-0.3, -0.25) is 0 Å². The molecule has 2 aromatic heterocycles. The van der Waals surface area contributed by atoms with Crippen LogP contribution in [-0.4, -0.2) is 39.6 Å². The van der Waals surface area contributed by atoms with Gasteiger partial charge in [-0.15, -0.1) is 11.3 Å². The quantitative estimate of drug-likeness (QED) is 0.791. The van der Waals surface area contributed by atoms with E-state index >= 15 is 0 Å². The molecule has 0 amide bonds. The number of hydrogen-bond acceptors (Lipinski definition) is 8. The lowest BCUT2D eigenvalue weighted by molar-refractivity contribution is -0.145. The number of thiazole rings is 1. The zero-order chi connectivity index (χ0) is 14.8. The number of aromatic nitrogens is 3. The Bertz CT molecular complexity index is 686. The van der Waals surface area contributed by atoms with Gasteiger partial charge >= 0.3 is 11.9 Å². The van der Waals surface area contributed by atoms with Crippen LogP contribution in [-0.2, 0) is 14.3 Å². The number of ether oxygens (including phenoxy) is 2. The molecule has 0 aromatic carbocycles. The summed E-state index contributed by atoms with van der Waals surface area (Å²) in [6.07, 6.45) is 2.77. The number of cyclic esters (lactones) is 1. The first-order chi connectivity index (χ1) is 10.1. The molecule has 0 saturated carbocycles. The second kappa shape index (κ2) is 5.57. The Labute approximate surface area is 124 Å². The van der Waals surface area contributed by atoms with Gasteiger partial charge in [0, 0.05) is 18.8 Å². The summed E-state index contributed by atoms with van der Waals surface area (Å²) in [5.41, 5.74) is 0.527. The van der Waals surface area contributed by atoms with Crippen molar-refractivity contribution in [1.82, 2.24) is 15.0 Å². The Morgan fingerprint density at radius 3 is 2.86 bits per heavy atom. The minimum Gasteiger partial charge on any atom is -0.463 e. The predicted molar refractivity (Wildman–Crippen MR) is 72.7 cm³/mol. The van der Waals surface area contributed by atoms with Crippen molar-refractivity contribution in [1.29, 1.82) is 0 Å². The highest BCUT2D eigenvalue weighted by Gasteiger charge is 2.31. The molecule has 7 nitrogen and oxygen atoms in total. The van der Waals surface area contributed by atoms with Crippen LogP contribution in [0.3, 0.4) is 0 Å². The van der Waals surface area contributed by atoms with Crippen LogP contribution in [0.25, 0.3) is 10.8 Å². The normalized spacial score (nSPS) is 17.6. The highest BCUT2D eigenvalue weighted by atomic mass is 32.1. The molecular weight excluding hydrogens is 294 g/mol. The maximum Gasteiger partial charge on any atom is 0.351 e. The predicted octanol–water partition coefficient (Wildman–Crippen LogP) is 1.38. The summed E-state index contributed by atoms with van der Waals surface area (Å²) in [5.74, 6) is -0.627. The number of esters is 2. The van der Waals surface area contributed by atoms with Gasteiger partial charge in [-0.05, 0) is 13.0 Å². The monoisotopic (exact) mass is 305 g/mol. The van der Waals surface area contributed by atoms with Crippen LogP contribution in [0.1, 0.15) is 21.8 Å². The van der Waals surface area contributed by atoms with Crippen molar-refractivity contribution in [3.63, 3.8) is 0 Å². The zero-order valence-electron chi connectivity index (χ0n) is 11.1. The third-order valence-corrected chi connectivity index (χ3v) is 4.01. The summed E-state index contributed by atoms with van der Waals surface area (Å²) >= 11 is 1.14. The standard InChI is InChI=1S/C13H11N3O4S/c1-7-9(13(18)20-8-3-6-19-12(8)17)21-11(16-7)10-14-4-2-5-15-10/h2,4-5,8H,3,6H2,1H3. The Balaban J connectivity index is 1.81. The number of aryl methyl sites for hydroxylation is 1. The third kappa shape index (κ3) is 2.75. The lowest BCUT2D eigenvalue weighted by atomic mass is 10.3. The van der Waals surface area contributed by atoms with Gasteiger partial charge in [0.15, 0.2) is 10.8 Å². The van der Waals surface area contributed by atoms with Crippen LogP contribution >= 0.6 is 11.3 Å². The van der Waals surface area contributed by atoms with Gasteiger partial charge in [-0.25, -0.2) is 24.5 Å². The van der Waals surface area contributed by atoms with E-state index in [1.165, 1.54) is 0 Å². The average molecular weight is 305 g/mol. The molecule has 0 bridgehead atoms. The molecule has 1 aliphatic rings. The first-order valence-corrected chi connectivity index (χ1v) is 7.09. The van der Waals surface area contributed by atoms with Crippen LogP contribution in [0.15, 0.2) is 18.5 Å². The van der Waals surface area contributed by atoms with Gasteiger partial charge in [0.25, 0.3) is 0 Å². The summed E-state index contributed by atoms with van der Waals surface area (Å²) in [6.45, 7) is 1.98. The SMILES string of the molecule is Cc1nc(-c2ncccn2)sc1C(=O)OC1CCOC1=O. The molecule has 21 heavy (non-hydrogen) atoms. The van der Waals surface area contributed by atoms with E-state index < -0.39 is 18.0 Å². The van der Waals surface area contributed by atoms with E-state index in [1.54, 1.807) is 25.4 Å². The summed E-state index contributed by atoms with van der Waals surface area (Å²) in [6, 6.07) is 1.70. The minimum atomic E-state index is -0.824. The second-order valence-corrected chi connectivity index (χ2v) is 5.36.